The van der Waals surface area contributed by atoms with Gasteiger partial charge in [-0.2, -0.15) is 5.26 Å². The molecule has 0 radical (unpaired) electrons. The molecule has 0 aromatic carbocycles. The molecule has 0 amide bonds. The molecule has 2 atom stereocenters. The lowest BCUT2D eigenvalue weighted by molar-refractivity contribution is -0.155. The third-order valence-electron chi connectivity index (χ3n) is 4.95. The van der Waals surface area contributed by atoms with Crippen molar-refractivity contribution in [3.05, 3.63) is 0 Å². The minimum Gasteiger partial charge on any atom is -0.388 e. The van der Waals surface area contributed by atoms with Crippen molar-refractivity contribution in [2.75, 3.05) is 6.61 Å². The maximum absolute atomic E-state index is 11.1. The van der Waals surface area contributed by atoms with Gasteiger partial charge >= 0.3 is 0 Å². The number of nitriles is 1. The van der Waals surface area contributed by atoms with Gasteiger partial charge in [-0.3, -0.25) is 0 Å². The molecular weight excluding hydrogens is 226 g/mol. The van der Waals surface area contributed by atoms with Crippen LogP contribution in [0, 0.1) is 16.7 Å². The Labute approximate surface area is 110 Å². The third-order valence-corrected chi connectivity index (χ3v) is 4.95. The van der Waals surface area contributed by atoms with Crippen LogP contribution in [0.4, 0.5) is 0 Å². The summed E-state index contributed by atoms with van der Waals surface area (Å²) in [5.74, 6) is 0. The van der Waals surface area contributed by atoms with E-state index in [2.05, 4.69) is 13.0 Å². The first-order chi connectivity index (χ1) is 8.66. The molecule has 1 aliphatic carbocycles. The lowest BCUT2D eigenvalue weighted by Gasteiger charge is -2.47. The summed E-state index contributed by atoms with van der Waals surface area (Å²) < 4.78 is 5.66. The van der Waals surface area contributed by atoms with Gasteiger partial charge in [0.2, 0.25) is 0 Å². The van der Waals surface area contributed by atoms with Crippen molar-refractivity contribution in [2.24, 2.45) is 5.41 Å². The van der Waals surface area contributed by atoms with Gasteiger partial charge < -0.3 is 9.84 Å². The van der Waals surface area contributed by atoms with Gasteiger partial charge in [0.05, 0.1) is 23.2 Å². The average molecular weight is 251 g/mol. The summed E-state index contributed by atoms with van der Waals surface area (Å²) in [5.41, 5.74) is -1.36. The zero-order chi connectivity index (χ0) is 13.1. The summed E-state index contributed by atoms with van der Waals surface area (Å²) in [6.45, 7) is 2.68. The minimum absolute atomic E-state index is 0.122. The second-order valence-electron chi connectivity index (χ2n) is 5.99. The van der Waals surface area contributed by atoms with Crippen LogP contribution in [0.5, 0.6) is 0 Å². The van der Waals surface area contributed by atoms with Crippen molar-refractivity contribution in [1.29, 1.82) is 5.26 Å². The highest BCUT2D eigenvalue weighted by Crippen LogP contribution is 2.49. The molecular formula is C15H25NO2. The predicted molar refractivity (Wildman–Crippen MR) is 70.0 cm³/mol. The first kappa shape index (κ1) is 13.8. The Morgan fingerprint density at radius 3 is 2.44 bits per heavy atom. The zero-order valence-electron chi connectivity index (χ0n) is 11.5. The molecule has 0 aromatic heterocycles. The van der Waals surface area contributed by atoms with Crippen LogP contribution < -0.4 is 0 Å². The maximum atomic E-state index is 11.1. The molecule has 1 saturated heterocycles. The fourth-order valence-electron chi connectivity index (χ4n) is 3.64. The smallest absolute Gasteiger partial charge is 0.0879 e. The molecule has 1 heterocycles. The lowest BCUT2D eigenvalue weighted by Crippen LogP contribution is -2.53. The van der Waals surface area contributed by atoms with E-state index in [1.807, 2.05) is 0 Å². The monoisotopic (exact) mass is 251 g/mol. The molecule has 2 rings (SSSR count). The molecule has 0 bridgehead atoms. The van der Waals surface area contributed by atoms with E-state index in [1.54, 1.807) is 0 Å². The summed E-state index contributed by atoms with van der Waals surface area (Å²) in [7, 11) is 0. The summed E-state index contributed by atoms with van der Waals surface area (Å²) in [4.78, 5) is 0. The number of aliphatic hydroxyl groups is 1. The molecule has 3 heteroatoms. The van der Waals surface area contributed by atoms with Gasteiger partial charge in [0.15, 0.2) is 0 Å². The first-order valence-corrected chi connectivity index (χ1v) is 7.41. The van der Waals surface area contributed by atoms with Gasteiger partial charge in [-0.05, 0) is 19.3 Å². The minimum atomic E-state index is -0.828. The second-order valence-corrected chi connectivity index (χ2v) is 5.99. The van der Waals surface area contributed by atoms with Gasteiger partial charge in [-0.25, -0.2) is 0 Å². The van der Waals surface area contributed by atoms with E-state index >= 15 is 0 Å². The normalized spacial score (nSPS) is 36.6. The van der Waals surface area contributed by atoms with Crippen LogP contribution >= 0.6 is 0 Å². The number of nitrogens with zero attached hydrogens (tertiary/aromatic N) is 1. The fraction of sp³-hybridized carbons (Fsp3) is 0.933. The van der Waals surface area contributed by atoms with E-state index in [1.165, 1.54) is 12.8 Å². The molecule has 18 heavy (non-hydrogen) atoms. The van der Waals surface area contributed by atoms with E-state index < -0.39 is 11.0 Å². The van der Waals surface area contributed by atoms with Crippen molar-refractivity contribution in [3.8, 4) is 6.07 Å². The number of hydrogen-bond acceptors (Lipinski definition) is 3. The van der Waals surface area contributed by atoms with Crippen molar-refractivity contribution in [3.63, 3.8) is 0 Å². The Bertz CT molecular complexity index is 315. The molecule has 0 aromatic rings. The van der Waals surface area contributed by atoms with E-state index in [-0.39, 0.29) is 6.10 Å². The zero-order valence-corrected chi connectivity index (χ0v) is 11.5. The highest BCUT2D eigenvalue weighted by atomic mass is 16.5. The Hall–Kier alpha value is -0.590. The summed E-state index contributed by atoms with van der Waals surface area (Å²) >= 11 is 0. The number of rotatable bonds is 2. The van der Waals surface area contributed by atoms with Crippen molar-refractivity contribution in [1.82, 2.24) is 0 Å². The molecule has 1 saturated carbocycles. The van der Waals surface area contributed by atoms with E-state index in [4.69, 9.17) is 4.74 Å². The number of ether oxygens (including phenoxy) is 1. The van der Waals surface area contributed by atoms with Crippen LogP contribution in [-0.4, -0.2) is 23.4 Å². The molecule has 102 valence electrons. The standard InChI is InChI=1S/C15H25NO2/c1-2-13-11-15(17,9-10-18-13)14(12-16)7-5-3-4-6-8-14/h13,17H,2-11H2,1H3. The molecule has 1 N–H and O–H groups in total. The van der Waals surface area contributed by atoms with Crippen LogP contribution in [0.1, 0.15) is 64.7 Å². The molecule has 2 fully saturated rings. The SMILES string of the molecule is CCC1CC(O)(C2(C#N)CCCCCC2)CCO1. The van der Waals surface area contributed by atoms with Crippen molar-refractivity contribution in [2.45, 2.75) is 76.4 Å². The van der Waals surface area contributed by atoms with Gasteiger partial charge in [-0.15, -0.1) is 0 Å². The van der Waals surface area contributed by atoms with Crippen molar-refractivity contribution >= 4 is 0 Å². The summed E-state index contributed by atoms with van der Waals surface area (Å²) in [6.07, 6.45) is 8.57. The van der Waals surface area contributed by atoms with Gasteiger partial charge in [0.1, 0.15) is 0 Å². The molecule has 2 unspecified atom stereocenters. The van der Waals surface area contributed by atoms with Crippen LogP contribution in [0.25, 0.3) is 0 Å². The van der Waals surface area contributed by atoms with Crippen LogP contribution in [0.15, 0.2) is 0 Å². The topological polar surface area (TPSA) is 53.2 Å². The van der Waals surface area contributed by atoms with Crippen LogP contribution in [0.3, 0.4) is 0 Å². The molecule has 0 spiro atoms. The summed E-state index contributed by atoms with van der Waals surface area (Å²) in [5, 5.41) is 20.8. The Morgan fingerprint density at radius 1 is 1.22 bits per heavy atom. The van der Waals surface area contributed by atoms with E-state index in [9.17, 15) is 10.4 Å². The highest BCUT2D eigenvalue weighted by molar-refractivity contribution is 5.13. The Kier molecular flexibility index (Phi) is 4.29. The first-order valence-electron chi connectivity index (χ1n) is 7.41. The quantitative estimate of drug-likeness (QED) is 0.767. The third kappa shape index (κ3) is 2.41. The lowest BCUT2D eigenvalue weighted by atomic mass is 9.63. The maximum Gasteiger partial charge on any atom is 0.0879 e. The second kappa shape index (κ2) is 5.59. The molecule has 3 nitrogen and oxygen atoms in total. The average Bonchev–Trinajstić information content (AvgIpc) is 2.65. The molecule has 2 aliphatic rings. The van der Waals surface area contributed by atoms with E-state index in [0.29, 0.717) is 19.4 Å². The van der Waals surface area contributed by atoms with Crippen LogP contribution in [-0.2, 0) is 4.74 Å². The van der Waals surface area contributed by atoms with Gasteiger partial charge in [-0.1, -0.05) is 32.6 Å². The summed E-state index contributed by atoms with van der Waals surface area (Å²) in [6, 6.07) is 2.51. The Balaban J connectivity index is 2.21. The predicted octanol–water partition coefficient (Wildman–Crippen LogP) is 3.17. The molecule has 1 aliphatic heterocycles. The van der Waals surface area contributed by atoms with Gasteiger partial charge in [0.25, 0.3) is 0 Å². The van der Waals surface area contributed by atoms with E-state index in [0.717, 1.165) is 32.1 Å². The fourth-order valence-corrected chi connectivity index (χ4v) is 3.64. The highest BCUT2D eigenvalue weighted by Gasteiger charge is 2.52. The number of hydrogen-bond donors (Lipinski definition) is 1. The largest absolute Gasteiger partial charge is 0.388 e. The Morgan fingerprint density at radius 2 is 1.89 bits per heavy atom. The van der Waals surface area contributed by atoms with Gasteiger partial charge in [0, 0.05) is 19.4 Å². The van der Waals surface area contributed by atoms with Crippen molar-refractivity contribution < 1.29 is 9.84 Å². The van der Waals surface area contributed by atoms with Crippen LogP contribution in [0.2, 0.25) is 0 Å².